The molecule has 2 heteroatoms. The number of carbonyl (C=O) groups is 1. The average molecular weight is 212 g/mol. The molecule has 0 heterocycles. The maximum Gasteiger partial charge on any atom is 0.251 e. The molecule has 0 aliphatic carbocycles. The summed E-state index contributed by atoms with van der Waals surface area (Å²) in [4.78, 5) is 11.9. The molecule has 81 valence electrons. The summed E-state index contributed by atoms with van der Waals surface area (Å²) in [6.45, 7) is 4.31. The van der Waals surface area contributed by atoms with Gasteiger partial charge in [0.05, 0.1) is 0 Å². The summed E-state index contributed by atoms with van der Waals surface area (Å²) < 4.78 is 0. The second-order valence-electron chi connectivity index (χ2n) is 3.64. The van der Waals surface area contributed by atoms with Crippen molar-refractivity contribution in [1.82, 2.24) is 5.32 Å². The highest BCUT2D eigenvalue weighted by molar-refractivity contribution is 6.06. The Morgan fingerprint density at radius 2 is 1.88 bits per heavy atom. The molecule has 0 aliphatic heterocycles. The van der Waals surface area contributed by atoms with Gasteiger partial charge in [-0.1, -0.05) is 43.3 Å². The molecule has 0 aliphatic rings. The lowest BCUT2D eigenvalue weighted by Crippen LogP contribution is -2.24. The van der Waals surface area contributed by atoms with Gasteiger partial charge in [0.25, 0.3) is 5.91 Å². The highest BCUT2D eigenvalue weighted by atomic mass is 16.1. The van der Waals surface area contributed by atoms with Crippen molar-refractivity contribution in [2.24, 2.45) is 0 Å². The van der Waals surface area contributed by atoms with Crippen molar-refractivity contribution in [3.63, 3.8) is 0 Å². The lowest BCUT2D eigenvalue weighted by atomic mass is 10.0. The van der Waals surface area contributed by atoms with E-state index >= 15 is 0 Å². The first-order chi connectivity index (χ1) is 7.83. The smallest absolute Gasteiger partial charge is 0.251 e. The molecular formula is C14H14NO. The number of hydrogen-bond acceptors (Lipinski definition) is 1. The Kier molecular flexibility index (Phi) is 3.20. The van der Waals surface area contributed by atoms with E-state index in [-0.39, 0.29) is 5.91 Å². The molecule has 0 fully saturated rings. The average Bonchev–Trinajstić information content (AvgIpc) is 2.35. The number of nitrogens with one attached hydrogen (secondary N) is 1. The van der Waals surface area contributed by atoms with Gasteiger partial charge in [-0.3, -0.25) is 4.79 Å². The standard InChI is InChI=1S/C14H14NO/c1-2-10-15-14(16)13-9-5-7-11-6-3-4-8-12(11)13/h3-9H,1-2,10H2,(H,15,16). The fraction of sp³-hybridized carbons (Fsp3) is 0.143. The molecular weight excluding hydrogens is 198 g/mol. The van der Waals surface area contributed by atoms with Crippen LogP contribution in [-0.4, -0.2) is 12.5 Å². The van der Waals surface area contributed by atoms with Gasteiger partial charge in [0.1, 0.15) is 0 Å². The van der Waals surface area contributed by atoms with Crippen LogP contribution in [0.3, 0.4) is 0 Å². The van der Waals surface area contributed by atoms with E-state index in [9.17, 15) is 4.79 Å². The Balaban J connectivity index is 2.40. The van der Waals surface area contributed by atoms with Crippen LogP contribution in [0.15, 0.2) is 42.5 Å². The normalized spacial score (nSPS) is 10.3. The number of fused-ring (bicyclic) bond motifs is 1. The zero-order valence-electron chi connectivity index (χ0n) is 9.07. The predicted octanol–water partition coefficient (Wildman–Crippen LogP) is 2.79. The zero-order valence-corrected chi connectivity index (χ0v) is 9.07. The SMILES string of the molecule is [CH2]CCNC(=O)c1cccc2ccccc12. The molecule has 1 amide bonds. The summed E-state index contributed by atoms with van der Waals surface area (Å²) in [6, 6.07) is 13.7. The van der Waals surface area contributed by atoms with Crippen LogP contribution in [0, 0.1) is 6.92 Å². The summed E-state index contributed by atoms with van der Waals surface area (Å²) in [6.07, 6.45) is 0.705. The summed E-state index contributed by atoms with van der Waals surface area (Å²) >= 11 is 0. The Labute approximate surface area is 95.3 Å². The van der Waals surface area contributed by atoms with E-state index in [2.05, 4.69) is 12.2 Å². The van der Waals surface area contributed by atoms with Gasteiger partial charge in [-0.15, -0.1) is 0 Å². The third-order valence-electron chi connectivity index (χ3n) is 2.50. The molecule has 0 spiro atoms. The van der Waals surface area contributed by atoms with E-state index in [0.29, 0.717) is 13.0 Å². The second kappa shape index (κ2) is 4.79. The summed E-state index contributed by atoms with van der Waals surface area (Å²) in [5.41, 5.74) is 0.728. The lowest BCUT2D eigenvalue weighted by molar-refractivity contribution is 0.0956. The Hall–Kier alpha value is -1.83. The largest absolute Gasteiger partial charge is 0.352 e. The van der Waals surface area contributed by atoms with Gasteiger partial charge in [0, 0.05) is 12.1 Å². The van der Waals surface area contributed by atoms with Crippen molar-refractivity contribution in [3.8, 4) is 0 Å². The van der Waals surface area contributed by atoms with Gasteiger partial charge in [-0.05, 0) is 23.3 Å². The van der Waals surface area contributed by atoms with E-state index in [0.717, 1.165) is 16.3 Å². The lowest BCUT2D eigenvalue weighted by Gasteiger charge is -2.06. The van der Waals surface area contributed by atoms with Gasteiger partial charge >= 0.3 is 0 Å². The van der Waals surface area contributed by atoms with Crippen LogP contribution in [-0.2, 0) is 0 Å². The Morgan fingerprint density at radius 1 is 1.12 bits per heavy atom. The quantitative estimate of drug-likeness (QED) is 0.832. The van der Waals surface area contributed by atoms with E-state index in [1.54, 1.807) is 0 Å². The molecule has 2 rings (SSSR count). The highest BCUT2D eigenvalue weighted by Crippen LogP contribution is 2.18. The fourth-order valence-electron chi connectivity index (χ4n) is 1.72. The van der Waals surface area contributed by atoms with Gasteiger partial charge in [-0.25, -0.2) is 0 Å². The molecule has 2 aromatic rings. The minimum Gasteiger partial charge on any atom is -0.352 e. The molecule has 2 nitrogen and oxygen atoms in total. The van der Waals surface area contributed by atoms with Crippen LogP contribution in [0.5, 0.6) is 0 Å². The number of amides is 1. The number of hydrogen-bond donors (Lipinski definition) is 1. The van der Waals surface area contributed by atoms with Crippen LogP contribution in [0.1, 0.15) is 16.8 Å². The number of benzene rings is 2. The fourth-order valence-corrected chi connectivity index (χ4v) is 1.72. The molecule has 0 unspecified atom stereocenters. The van der Waals surface area contributed by atoms with Crippen molar-refractivity contribution in [3.05, 3.63) is 55.0 Å². The maximum atomic E-state index is 11.9. The van der Waals surface area contributed by atoms with Crippen LogP contribution in [0.25, 0.3) is 10.8 Å². The number of carbonyl (C=O) groups excluding carboxylic acids is 1. The molecule has 0 bridgehead atoms. The Morgan fingerprint density at radius 3 is 2.69 bits per heavy atom. The molecule has 1 radical (unpaired) electrons. The van der Waals surface area contributed by atoms with Crippen LogP contribution >= 0.6 is 0 Å². The van der Waals surface area contributed by atoms with Crippen molar-refractivity contribution >= 4 is 16.7 Å². The highest BCUT2D eigenvalue weighted by Gasteiger charge is 2.07. The van der Waals surface area contributed by atoms with Crippen molar-refractivity contribution in [2.75, 3.05) is 6.54 Å². The van der Waals surface area contributed by atoms with E-state index in [1.165, 1.54) is 0 Å². The molecule has 0 aromatic heterocycles. The molecule has 16 heavy (non-hydrogen) atoms. The van der Waals surface area contributed by atoms with Crippen molar-refractivity contribution in [1.29, 1.82) is 0 Å². The van der Waals surface area contributed by atoms with Crippen LogP contribution < -0.4 is 5.32 Å². The first-order valence-corrected chi connectivity index (χ1v) is 5.38. The maximum absolute atomic E-state index is 11.9. The number of rotatable bonds is 3. The van der Waals surface area contributed by atoms with Gasteiger partial charge in [0.2, 0.25) is 0 Å². The third kappa shape index (κ3) is 2.06. The van der Waals surface area contributed by atoms with E-state index in [4.69, 9.17) is 0 Å². The van der Waals surface area contributed by atoms with Crippen LogP contribution in [0.2, 0.25) is 0 Å². The third-order valence-corrected chi connectivity index (χ3v) is 2.50. The Bertz CT molecular complexity index is 500. The molecule has 0 saturated carbocycles. The molecule has 0 saturated heterocycles. The van der Waals surface area contributed by atoms with E-state index < -0.39 is 0 Å². The zero-order chi connectivity index (χ0) is 11.4. The minimum absolute atomic E-state index is 0.0274. The summed E-state index contributed by atoms with van der Waals surface area (Å²) in [7, 11) is 0. The minimum atomic E-state index is -0.0274. The molecule has 1 N–H and O–H groups in total. The molecule has 2 aromatic carbocycles. The van der Waals surface area contributed by atoms with Crippen molar-refractivity contribution in [2.45, 2.75) is 6.42 Å². The molecule has 0 atom stereocenters. The predicted molar refractivity (Wildman–Crippen MR) is 66.3 cm³/mol. The first kappa shape index (κ1) is 10.7. The topological polar surface area (TPSA) is 29.1 Å². The van der Waals surface area contributed by atoms with Gasteiger partial charge < -0.3 is 5.32 Å². The van der Waals surface area contributed by atoms with Gasteiger partial charge in [-0.2, -0.15) is 0 Å². The first-order valence-electron chi connectivity index (χ1n) is 5.38. The monoisotopic (exact) mass is 212 g/mol. The van der Waals surface area contributed by atoms with E-state index in [1.807, 2.05) is 42.5 Å². The summed E-state index contributed by atoms with van der Waals surface area (Å²) in [5.74, 6) is -0.0274. The van der Waals surface area contributed by atoms with Crippen molar-refractivity contribution < 1.29 is 4.79 Å². The van der Waals surface area contributed by atoms with Gasteiger partial charge in [0.15, 0.2) is 0 Å². The summed E-state index contributed by atoms with van der Waals surface area (Å²) in [5, 5.41) is 4.92. The second-order valence-corrected chi connectivity index (χ2v) is 3.64. The van der Waals surface area contributed by atoms with Crippen LogP contribution in [0.4, 0.5) is 0 Å².